The van der Waals surface area contributed by atoms with E-state index in [1.807, 2.05) is 0 Å². The van der Waals surface area contributed by atoms with E-state index in [9.17, 15) is 9.90 Å². The van der Waals surface area contributed by atoms with Crippen molar-refractivity contribution in [2.75, 3.05) is 19.6 Å². The maximum atomic E-state index is 11.4. The van der Waals surface area contributed by atoms with E-state index in [2.05, 4.69) is 20.8 Å². The number of aliphatic carboxylic acids is 1. The monoisotopic (exact) mass is 315 g/mol. The lowest BCUT2D eigenvalue weighted by Crippen LogP contribution is -2.32. The van der Waals surface area contributed by atoms with Gasteiger partial charge in [0.25, 0.3) is 0 Å². The minimum absolute atomic E-state index is 0.527. The molecular weight excluding hydrogens is 298 g/mol. The number of carboxylic acid groups (broad SMARTS) is 1. The first-order chi connectivity index (χ1) is 8.66. The highest BCUT2D eigenvalue weighted by molar-refractivity contribution is 9.10. The summed E-state index contributed by atoms with van der Waals surface area (Å²) in [6, 6.07) is 3.48. The van der Waals surface area contributed by atoms with Crippen molar-refractivity contribution in [2.45, 2.75) is 31.6 Å². The molecule has 5 heteroatoms. The molecule has 1 fully saturated rings. The highest BCUT2D eigenvalue weighted by Crippen LogP contribution is 2.24. The van der Waals surface area contributed by atoms with Crippen molar-refractivity contribution in [1.29, 1.82) is 0 Å². The number of hydrogen-bond acceptors (Lipinski definition) is 3. The van der Waals surface area contributed by atoms with Gasteiger partial charge in [-0.05, 0) is 54.0 Å². The van der Waals surface area contributed by atoms with Gasteiger partial charge >= 0.3 is 5.97 Å². The lowest BCUT2D eigenvalue weighted by molar-refractivity contribution is -0.139. The van der Waals surface area contributed by atoms with Crippen LogP contribution >= 0.6 is 15.9 Å². The van der Waals surface area contributed by atoms with Crippen molar-refractivity contribution in [3.63, 3.8) is 0 Å². The fraction of sp³-hybridized carbons (Fsp3) is 0.615. The molecule has 0 spiro atoms. The Kier molecular flexibility index (Phi) is 4.83. The molecule has 2 heterocycles. The van der Waals surface area contributed by atoms with Crippen molar-refractivity contribution in [3.05, 3.63) is 22.6 Å². The van der Waals surface area contributed by atoms with Gasteiger partial charge in [-0.15, -0.1) is 0 Å². The van der Waals surface area contributed by atoms with Crippen LogP contribution in [-0.4, -0.2) is 35.6 Å². The zero-order chi connectivity index (χ0) is 13.0. The maximum absolute atomic E-state index is 11.4. The summed E-state index contributed by atoms with van der Waals surface area (Å²) in [5.41, 5.74) is 0. The molecule has 0 amide bonds. The van der Waals surface area contributed by atoms with Crippen LogP contribution in [0.4, 0.5) is 0 Å². The number of furan rings is 1. The molecule has 4 nitrogen and oxygen atoms in total. The highest BCUT2D eigenvalue weighted by Gasteiger charge is 2.26. The summed E-state index contributed by atoms with van der Waals surface area (Å²) in [6.07, 6.45) is 4.82. The number of carbonyl (C=O) groups is 1. The first-order valence-electron chi connectivity index (χ1n) is 6.37. The molecule has 1 saturated heterocycles. The minimum atomic E-state index is -0.818. The van der Waals surface area contributed by atoms with Crippen molar-refractivity contribution >= 4 is 21.9 Å². The second kappa shape index (κ2) is 6.38. The molecule has 1 unspecified atom stereocenters. The summed E-state index contributed by atoms with van der Waals surface area (Å²) >= 11 is 3.21. The Morgan fingerprint density at radius 2 is 2.00 bits per heavy atom. The zero-order valence-corrected chi connectivity index (χ0v) is 11.9. The molecular formula is C13H18BrNO3. The summed E-state index contributed by atoms with van der Waals surface area (Å²) in [6.45, 7) is 2.52. The average molecular weight is 316 g/mol. The third-order valence-corrected chi connectivity index (χ3v) is 3.80. The van der Waals surface area contributed by atoms with Crippen LogP contribution in [0, 0.1) is 0 Å². The fourth-order valence-electron chi connectivity index (χ4n) is 2.38. The van der Waals surface area contributed by atoms with E-state index < -0.39 is 11.9 Å². The smallest absolute Gasteiger partial charge is 0.315 e. The number of carboxylic acids is 1. The third kappa shape index (κ3) is 3.59. The number of halogens is 1. The van der Waals surface area contributed by atoms with E-state index in [1.54, 1.807) is 12.1 Å². The van der Waals surface area contributed by atoms with Crippen LogP contribution in [0.3, 0.4) is 0 Å². The van der Waals surface area contributed by atoms with Gasteiger partial charge < -0.3 is 14.4 Å². The van der Waals surface area contributed by atoms with Gasteiger partial charge in [-0.25, -0.2) is 0 Å². The normalized spacial score (nSPS) is 19.4. The van der Waals surface area contributed by atoms with E-state index in [-0.39, 0.29) is 0 Å². The summed E-state index contributed by atoms with van der Waals surface area (Å²) in [7, 11) is 0. The van der Waals surface area contributed by atoms with E-state index >= 15 is 0 Å². The zero-order valence-electron chi connectivity index (χ0n) is 10.3. The minimum Gasteiger partial charge on any atom is -0.481 e. The molecule has 2 rings (SSSR count). The van der Waals surface area contributed by atoms with E-state index in [4.69, 9.17) is 4.42 Å². The molecule has 18 heavy (non-hydrogen) atoms. The molecule has 0 radical (unpaired) electrons. The Labute approximate surface area is 115 Å². The SMILES string of the molecule is O=C(O)C(CN1CCCCCC1)c1ccc(Br)o1. The molecule has 0 saturated carbocycles. The van der Waals surface area contributed by atoms with Crippen LogP contribution in [0.2, 0.25) is 0 Å². The predicted octanol–water partition coefficient (Wildman–Crippen LogP) is 3.09. The third-order valence-electron chi connectivity index (χ3n) is 3.37. The molecule has 1 aromatic heterocycles. The topological polar surface area (TPSA) is 53.7 Å². The van der Waals surface area contributed by atoms with Crippen molar-refractivity contribution in [1.82, 2.24) is 4.90 Å². The number of rotatable bonds is 4. The van der Waals surface area contributed by atoms with Crippen LogP contribution in [0.1, 0.15) is 37.4 Å². The second-order valence-corrected chi connectivity index (χ2v) is 5.53. The predicted molar refractivity (Wildman–Crippen MR) is 71.7 cm³/mol. The highest BCUT2D eigenvalue weighted by atomic mass is 79.9. The van der Waals surface area contributed by atoms with Gasteiger partial charge in [0.05, 0.1) is 0 Å². The van der Waals surface area contributed by atoms with Gasteiger partial charge in [0, 0.05) is 6.54 Å². The average Bonchev–Trinajstić information content (AvgIpc) is 2.61. The summed E-state index contributed by atoms with van der Waals surface area (Å²) in [5.74, 6) is -0.867. The van der Waals surface area contributed by atoms with Gasteiger partial charge in [-0.3, -0.25) is 4.79 Å². The van der Waals surface area contributed by atoms with Crippen molar-refractivity contribution < 1.29 is 14.3 Å². The van der Waals surface area contributed by atoms with Gasteiger partial charge in [-0.1, -0.05) is 12.8 Å². The molecule has 1 aliphatic heterocycles. The van der Waals surface area contributed by atoms with Crippen LogP contribution < -0.4 is 0 Å². The quantitative estimate of drug-likeness (QED) is 0.927. The molecule has 100 valence electrons. The molecule has 1 aromatic rings. The first-order valence-corrected chi connectivity index (χ1v) is 7.16. The largest absolute Gasteiger partial charge is 0.481 e. The number of hydrogen-bond donors (Lipinski definition) is 1. The summed E-state index contributed by atoms with van der Waals surface area (Å²) < 4.78 is 5.97. The van der Waals surface area contributed by atoms with Crippen LogP contribution in [0.5, 0.6) is 0 Å². The number of nitrogens with zero attached hydrogens (tertiary/aromatic N) is 1. The standard InChI is InChI=1S/C13H18BrNO3/c14-12-6-5-11(18-12)10(13(16)17)9-15-7-3-1-2-4-8-15/h5-6,10H,1-4,7-9H2,(H,16,17). The van der Waals surface area contributed by atoms with Crippen LogP contribution in [0.15, 0.2) is 21.2 Å². The lowest BCUT2D eigenvalue weighted by Gasteiger charge is -2.22. The first kappa shape index (κ1) is 13.6. The Balaban J connectivity index is 2.04. The number of likely N-dealkylation sites (tertiary alicyclic amines) is 1. The van der Waals surface area contributed by atoms with E-state index in [0.29, 0.717) is 17.0 Å². The molecule has 1 aliphatic rings. The summed E-state index contributed by atoms with van der Waals surface area (Å²) in [4.78, 5) is 13.6. The Morgan fingerprint density at radius 1 is 1.33 bits per heavy atom. The maximum Gasteiger partial charge on any atom is 0.315 e. The van der Waals surface area contributed by atoms with Crippen molar-refractivity contribution in [3.8, 4) is 0 Å². The Morgan fingerprint density at radius 3 is 2.50 bits per heavy atom. The van der Waals surface area contributed by atoms with Gasteiger partial charge in [0.2, 0.25) is 0 Å². The van der Waals surface area contributed by atoms with E-state index in [0.717, 1.165) is 25.9 Å². The van der Waals surface area contributed by atoms with Gasteiger partial charge in [-0.2, -0.15) is 0 Å². The summed E-state index contributed by atoms with van der Waals surface area (Å²) in [5, 5.41) is 9.33. The van der Waals surface area contributed by atoms with Crippen molar-refractivity contribution in [2.24, 2.45) is 0 Å². The molecule has 0 bridgehead atoms. The lowest BCUT2D eigenvalue weighted by atomic mass is 10.1. The molecule has 1 atom stereocenters. The van der Waals surface area contributed by atoms with Gasteiger partial charge in [0.1, 0.15) is 11.7 Å². The Bertz CT molecular complexity index is 397. The Hall–Kier alpha value is -0.810. The fourth-order valence-corrected chi connectivity index (χ4v) is 2.70. The molecule has 0 aliphatic carbocycles. The van der Waals surface area contributed by atoms with E-state index in [1.165, 1.54) is 12.8 Å². The van der Waals surface area contributed by atoms with Gasteiger partial charge in [0.15, 0.2) is 4.67 Å². The second-order valence-electron chi connectivity index (χ2n) is 4.75. The van der Waals surface area contributed by atoms with Crippen LogP contribution in [-0.2, 0) is 4.79 Å². The van der Waals surface area contributed by atoms with Crippen LogP contribution in [0.25, 0.3) is 0 Å². The molecule has 1 N–H and O–H groups in total. The molecule has 0 aromatic carbocycles.